The first-order valence-corrected chi connectivity index (χ1v) is 9.25. The van der Waals surface area contributed by atoms with Crippen molar-refractivity contribution in [3.05, 3.63) is 34.2 Å². The molecule has 9 heteroatoms. The molecule has 1 atom stereocenters. The number of rotatable bonds is 4. The van der Waals surface area contributed by atoms with Crippen molar-refractivity contribution < 1.29 is 13.2 Å². The number of sulfonamides is 1. The largest absolute Gasteiger partial charge is 0.479 e. The molecule has 1 aliphatic rings. The third-order valence-electron chi connectivity index (χ3n) is 3.42. The van der Waals surface area contributed by atoms with Gasteiger partial charge in [-0.15, -0.1) is 0 Å². The van der Waals surface area contributed by atoms with E-state index in [1.165, 1.54) is 12.5 Å². The van der Waals surface area contributed by atoms with Crippen LogP contribution in [-0.4, -0.2) is 26.4 Å². The Balaban J connectivity index is 1.93. The third-order valence-corrected chi connectivity index (χ3v) is 5.89. The molecule has 0 fully saturated rings. The highest BCUT2D eigenvalue weighted by Gasteiger charge is 2.29. The molecule has 3 rings (SSSR count). The highest BCUT2D eigenvalue weighted by Crippen LogP contribution is 2.34. The van der Waals surface area contributed by atoms with Crippen molar-refractivity contribution in [2.45, 2.75) is 17.4 Å². The number of nitrogens with one attached hydrogen (secondary N) is 2. The molecule has 2 aromatic rings. The number of hydrogen-bond acceptors (Lipinski definition) is 6. The van der Waals surface area contributed by atoms with Crippen molar-refractivity contribution in [1.29, 1.82) is 0 Å². The maximum absolute atomic E-state index is 12.6. The van der Waals surface area contributed by atoms with Crippen LogP contribution in [0.5, 0.6) is 5.88 Å². The van der Waals surface area contributed by atoms with Gasteiger partial charge in [0.1, 0.15) is 0 Å². The third kappa shape index (κ3) is 2.91. The van der Waals surface area contributed by atoms with Crippen molar-refractivity contribution in [3.8, 4) is 5.88 Å². The summed E-state index contributed by atoms with van der Waals surface area (Å²) in [6.07, 6.45) is 0.631. The van der Waals surface area contributed by atoms with Gasteiger partial charge in [0.2, 0.25) is 15.9 Å². The normalized spacial score (nSPS) is 17.6. The van der Waals surface area contributed by atoms with Gasteiger partial charge < -0.3 is 10.1 Å². The van der Waals surface area contributed by atoms with Crippen molar-refractivity contribution in [2.75, 3.05) is 19.0 Å². The molecule has 0 saturated carbocycles. The number of halogens is 1. The van der Waals surface area contributed by atoms with Crippen LogP contribution in [0.3, 0.4) is 0 Å². The van der Waals surface area contributed by atoms with Crippen molar-refractivity contribution in [3.63, 3.8) is 0 Å². The summed E-state index contributed by atoms with van der Waals surface area (Å²) in [7, 11) is -2.32. The zero-order chi connectivity index (χ0) is 15.7. The molecule has 22 heavy (non-hydrogen) atoms. The first-order chi connectivity index (χ1) is 10.5. The number of fused-ring (bicyclic) bond motifs is 1. The van der Waals surface area contributed by atoms with E-state index in [4.69, 9.17) is 16.3 Å². The van der Waals surface area contributed by atoms with Crippen LogP contribution in [0, 0.1) is 0 Å². The minimum atomic E-state index is -3.71. The van der Waals surface area contributed by atoms with E-state index in [9.17, 15) is 8.42 Å². The van der Waals surface area contributed by atoms with E-state index in [2.05, 4.69) is 14.4 Å². The Labute approximate surface area is 137 Å². The minimum absolute atomic E-state index is 0.0575. The van der Waals surface area contributed by atoms with Crippen LogP contribution in [0.15, 0.2) is 28.5 Å². The molecule has 6 nitrogen and oxygen atoms in total. The summed E-state index contributed by atoms with van der Waals surface area (Å²) in [6, 6.07) is 5.06. The van der Waals surface area contributed by atoms with Crippen LogP contribution in [-0.2, 0) is 10.0 Å². The van der Waals surface area contributed by atoms with E-state index in [-0.39, 0.29) is 16.8 Å². The SMILES string of the molecule is COc1nscc1S(=O)(=O)NC1CCNc2ccc(Cl)cc21. The van der Waals surface area contributed by atoms with Gasteiger partial charge in [-0.05, 0) is 41.7 Å². The molecular weight excluding hydrogens is 346 g/mol. The second kappa shape index (κ2) is 6.04. The predicted molar refractivity (Wildman–Crippen MR) is 86.3 cm³/mol. The lowest BCUT2D eigenvalue weighted by Gasteiger charge is -2.27. The molecule has 1 aromatic heterocycles. The molecule has 0 bridgehead atoms. The average Bonchev–Trinajstić information content (AvgIpc) is 2.97. The maximum atomic E-state index is 12.6. The number of nitrogens with zero attached hydrogens (tertiary/aromatic N) is 1. The van der Waals surface area contributed by atoms with Crippen LogP contribution < -0.4 is 14.8 Å². The van der Waals surface area contributed by atoms with Crippen LogP contribution in [0.4, 0.5) is 5.69 Å². The lowest BCUT2D eigenvalue weighted by atomic mass is 9.99. The van der Waals surface area contributed by atoms with Gasteiger partial charge in [-0.25, -0.2) is 13.1 Å². The Bertz CT molecular complexity index is 792. The molecule has 0 aliphatic carbocycles. The summed E-state index contributed by atoms with van der Waals surface area (Å²) >= 11 is 7.07. The molecule has 2 heterocycles. The van der Waals surface area contributed by atoms with Gasteiger partial charge in [-0.3, -0.25) is 0 Å². The number of anilines is 1. The van der Waals surface area contributed by atoms with Crippen molar-refractivity contribution >= 4 is 38.8 Å². The molecule has 0 radical (unpaired) electrons. The fraction of sp³-hybridized carbons (Fsp3) is 0.308. The van der Waals surface area contributed by atoms with E-state index >= 15 is 0 Å². The summed E-state index contributed by atoms with van der Waals surface area (Å²) in [4.78, 5) is 0.0575. The van der Waals surface area contributed by atoms with Gasteiger partial charge in [0.05, 0.1) is 13.2 Å². The number of hydrogen-bond donors (Lipinski definition) is 2. The van der Waals surface area contributed by atoms with E-state index in [1.54, 1.807) is 12.1 Å². The molecular formula is C13H14ClN3O3S2. The fourth-order valence-electron chi connectivity index (χ4n) is 2.40. The Morgan fingerprint density at radius 3 is 3.09 bits per heavy atom. The number of aromatic nitrogens is 1. The van der Waals surface area contributed by atoms with Crippen LogP contribution in [0.2, 0.25) is 5.02 Å². The summed E-state index contributed by atoms with van der Waals surface area (Å²) in [6.45, 7) is 0.681. The first-order valence-electron chi connectivity index (χ1n) is 6.55. The van der Waals surface area contributed by atoms with E-state index < -0.39 is 10.0 Å². The molecule has 0 spiro atoms. The van der Waals surface area contributed by atoms with Crippen LogP contribution >= 0.6 is 23.1 Å². The summed E-state index contributed by atoms with van der Waals surface area (Å²) in [5.74, 6) is 0.109. The van der Waals surface area contributed by atoms with Gasteiger partial charge in [-0.2, -0.15) is 4.37 Å². The lowest BCUT2D eigenvalue weighted by molar-refractivity contribution is 0.390. The number of ether oxygens (including phenoxy) is 1. The molecule has 118 valence electrons. The van der Waals surface area contributed by atoms with E-state index in [0.717, 1.165) is 22.8 Å². The van der Waals surface area contributed by atoms with Gasteiger partial charge in [0, 0.05) is 22.6 Å². The van der Waals surface area contributed by atoms with Crippen LogP contribution in [0.25, 0.3) is 0 Å². The van der Waals surface area contributed by atoms with Gasteiger partial charge in [0.25, 0.3) is 0 Å². The zero-order valence-electron chi connectivity index (χ0n) is 11.7. The van der Waals surface area contributed by atoms with E-state index in [0.29, 0.717) is 18.0 Å². The van der Waals surface area contributed by atoms with Gasteiger partial charge in [0.15, 0.2) is 4.90 Å². The van der Waals surface area contributed by atoms with Crippen molar-refractivity contribution in [2.24, 2.45) is 0 Å². The zero-order valence-corrected chi connectivity index (χ0v) is 14.1. The standard InChI is InChI=1S/C13H14ClN3O3S2/c1-20-13-12(7-21-16-13)22(18,19)17-11-4-5-15-10-3-2-8(14)6-9(10)11/h2-3,6-7,11,15,17H,4-5H2,1H3. The minimum Gasteiger partial charge on any atom is -0.479 e. The summed E-state index contributed by atoms with van der Waals surface area (Å²) in [5, 5.41) is 5.26. The van der Waals surface area contributed by atoms with Gasteiger partial charge >= 0.3 is 0 Å². The Morgan fingerprint density at radius 2 is 2.32 bits per heavy atom. The van der Waals surface area contributed by atoms with Crippen molar-refractivity contribution in [1.82, 2.24) is 9.10 Å². The maximum Gasteiger partial charge on any atom is 0.247 e. The molecule has 1 unspecified atom stereocenters. The van der Waals surface area contributed by atoms with Gasteiger partial charge in [-0.1, -0.05) is 11.6 Å². The van der Waals surface area contributed by atoms with E-state index in [1.807, 2.05) is 6.07 Å². The molecule has 1 aliphatic heterocycles. The topological polar surface area (TPSA) is 80.3 Å². The average molecular weight is 360 g/mol. The Kier molecular flexibility index (Phi) is 4.26. The lowest BCUT2D eigenvalue weighted by Crippen LogP contribution is -2.33. The first kappa shape index (κ1) is 15.5. The fourth-order valence-corrected chi connectivity index (χ4v) is 4.89. The molecule has 2 N–H and O–H groups in total. The number of methoxy groups -OCH3 is 1. The quantitative estimate of drug-likeness (QED) is 0.877. The summed E-state index contributed by atoms with van der Waals surface area (Å²) < 4.78 is 36.7. The smallest absolute Gasteiger partial charge is 0.247 e. The number of benzene rings is 1. The molecule has 0 saturated heterocycles. The predicted octanol–water partition coefficient (Wildman–Crippen LogP) is 2.64. The Hall–Kier alpha value is -1.35. The second-order valence-electron chi connectivity index (χ2n) is 4.81. The van der Waals surface area contributed by atoms with Crippen LogP contribution in [0.1, 0.15) is 18.0 Å². The summed E-state index contributed by atoms with van der Waals surface area (Å²) in [5.41, 5.74) is 1.73. The monoisotopic (exact) mass is 359 g/mol. The Morgan fingerprint density at radius 1 is 1.50 bits per heavy atom. The highest BCUT2D eigenvalue weighted by molar-refractivity contribution is 7.89. The highest BCUT2D eigenvalue weighted by atomic mass is 35.5. The second-order valence-corrected chi connectivity index (χ2v) is 7.56. The molecule has 1 aromatic carbocycles. The molecule has 0 amide bonds.